The zero-order valence-electron chi connectivity index (χ0n) is 15.0. The van der Waals surface area contributed by atoms with E-state index in [9.17, 15) is 4.79 Å². The molecule has 0 fully saturated rings. The van der Waals surface area contributed by atoms with Crippen LogP contribution in [-0.4, -0.2) is 28.4 Å². The number of nitrogens with zero attached hydrogens (tertiary/aromatic N) is 3. The van der Waals surface area contributed by atoms with Gasteiger partial charge in [-0.25, -0.2) is 9.79 Å². The van der Waals surface area contributed by atoms with E-state index in [4.69, 9.17) is 25.8 Å². The Labute approximate surface area is 170 Å². The van der Waals surface area contributed by atoms with Gasteiger partial charge in [0, 0.05) is 22.3 Å². The van der Waals surface area contributed by atoms with Gasteiger partial charge in [-0.15, -0.1) is 0 Å². The minimum atomic E-state index is -0.517. The second-order valence-electron chi connectivity index (χ2n) is 6.47. The van der Waals surface area contributed by atoms with Crippen LogP contribution in [0.3, 0.4) is 0 Å². The van der Waals surface area contributed by atoms with E-state index in [1.807, 2.05) is 30.5 Å². The Kier molecular flexibility index (Phi) is 4.29. The van der Waals surface area contributed by atoms with Crippen LogP contribution < -0.4 is 9.47 Å². The van der Waals surface area contributed by atoms with Crippen LogP contribution in [0.1, 0.15) is 16.7 Å². The number of hydrogen-bond donors (Lipinski definition) is 0. The number of rotatable bonds is 4. The first-order chi connectivity index (χ1) is 14.2. The summed E-state index contributed by atoms with van der Waals surface area (Å²) in [6.45, 7) is 0.702. The molecular weight excluding hydrogens is 394 g/mol. The molecule has 0 aliphatic carbocycles. The summed E-state index contributed by atoms with van der Waals surface area (Å²) in [7, 11) is 0. The predicted molar refractivity (Wildman–Crippen MR) is 106 cm³/mol. The number of aromatic nitrogens is 2. The number of carbonyl (C=O) groups is 1. The average Bonchev–Trinajstić information content (AvgIpc) is 3.44. The van der Waals surface area contributed by atoms with Crippen molar-refractivity contribution in [1.29, 1.82) is 0 Å². The van der Waals surface area contributed by atoms with Crippen molar-refractivity contribution in [3.05, 3.63) is 82.3 Å². The molecule has 0 bridgehead atoms. The van der Waals surface area contributed by atoms with E-state index < -0.39 is 5.97 Å². The molecule has 8 heteroatoms. The van der Waals surface area contributed by atoms with Gasteiger partial charge in [0.15, 0.2) is 17.2 Å². The molecule has 5 rings (SSSR count). The van der Waals surface area contributed by atoms with Crippen LogP contribution in [0.2, 0.25) is 5.02 Å². The number of benzene rings is 2. The normalized spacial score (nSPS) is 16.2. The van der Waals surface area contributed by atoms with E-state index in [0.29, 0.717) is 28.6 Å². The van der Waals surface area contributed by atoms with Gasteiger partial charge in [0.25, 0.3) is 0 Å². The third-order valence-electron chi connectivity index (χ3n) is 4.49. The van der Waals surface area contributed by atoms with Crippen molar-refractivity contribution in [2.75, 3.05) is 6.79 Å². The molecule has 3 aromatic rings. The quantitative estimate of drug-likeness (QED) is 0.487. The number of aliphatic imine (C=N–C) groups is 1. The molecule has 2 aromatic carbocycles. The Morgan fingerprint density at radius 1 is 1.14 bits per heavy atom. The highest BCUT2D eigenvalue weighted by molar-refractivity contribution is 6.31. The molecule has 0 saturated heterocycles. The van der Waals surface area contributed by atoms with Gasteiger partial charge in [0.05, 0.1) is 12.7 Å². The van der Waals surface area contributed by atoms with Gasteiger partial charge in [-0.3, -0.25) is 4.68 Å². The summed E-state index contributed by atoms with van der Waals surface area (Å²) in [5.74, 6) is 0.958. The monoisotopic (exact) mass is 407 g/mol. The van der Waals surface area contributed by atoms with Crippen molar-refractivity contribution in [1.82, 2.24) is 9.78 Å². The summed E-state index contributed by atoms with van der Waals surface area (Å²) in [4.78, 5) is 16.6. The fourth-order valence-corrected chi connectivity index (χ4v) is 3.26. The van der Waals surface area contributed by atoms with Crippen LogP contribution in [0.5, 0.6) is 11.5 Å². The van der Waals surface area contributed by atoms with Gasteiger partial charge in [0.1, 0.15) is 0 Å². The van der Waals surface area contributed by atoms with Crippen LogP contribution in [0, 0.1) is 0 Å². The van der Waals surface area contributed by atoms with E-state index in [1.165, 1.54) is 0 Å². The molecule has 7 nitrogen and oxygen atoms in total. The first-order valence-corrected chi connectivity index (χ1v) is 9.22. The second-order valence-corrected chi connectivity index (χ2v) is 6.87. The third kappa shape index (κ3) is 3.48. The number of fused-ring (bicyclic) bond motifs is 1. The number of cyclic esters (lactones) is 1. The third-order valence-corrected chi connectivity index (χ3v) is 4.86. The smallest absolute Gasteiger partial charge is 0.363 e. The second kappa shape index (κ2) is 7.10. The summed E-state index contributed by atoms with van der Waals surface area (Å²) < 4.78 is 17.7. The predicted octanol–water partition coefficient (Wildman–Crippen LogP) is 3.66. The standard InChI is InChI=1S/C21H14ClN3O4/c22-16-4-2-1-3-15(16)11-25-10-13(9-23-25)7-17-21(26)29-20(24-17)14-5-6-18-19(8-14)28-12-27-18/h1-10H,11-12H2. The lowest BCUT2D eigenvalue weighted by Gasteiger charge is -2.03. The molecule has 0 N–H and O–H groups in total. The minimum Gasteiger partial charge on any atom is -0.454 e. The van der Waals surface area contributed by atoms with E-state index in [0.717, 1.165) is 11.1 Å². The van der Waals surface area contributed by atoms with E-state index in [-0.39, 0.29) is 18.4 Å². The Balaban J connectivity index is 1.37. The minimum absolute atomic E-state index is 0.175. The van der Waals surface area contributed by atoms with Gasteiger partial charge in [-0.05, 0) is 35.9 Å². The van der Waals surface area contributed by atoms with Gasteiger partial charge < -0.3 is 14.2 Å². The zero-order chi connectivity index (χ0) is 19.8. The number of hydrogen-bond acceptors (Lipinski definition) is 6. The largest absolute Gasteiger partial charge is 0.454 e. The van der Waals surface area contributed by atoms with Crippen molar-refractivity contribution in [3.63, 3.8) is 0 Å². The lowest BCUT2D eigenvalue weighted by Crippen LogP contribution is -2.05. The maximum absolute atomic E-state index is 12.2. The fraction of sp³-hybridized carbons (Fsp3) is 0.0952. The average molecular weight is 408 g/mol. The number of halogens is 1. The molecule has 0 spiro atoms. The maximum Gasteiger partial charge on any atom is 0.363 e. The molecule has 0 saturated carbocycles. The first kappa shape index (κ1) is 17.5. The molecule has 144 valence electrons. The molecular formula is C21H14ClN3O4. The Hall–Kier alpha value is -3.58. The SMILES string of the molecule is O=C1OC(c2ccc3c(c2)OCO3)=NC1=Cc1cnn(Cc2ccccc2Cl)c1. The molecule has 2 aliphatic heterocycles. The fourth-order valence-electron chi connectivity index (χ4n) is 3.06. The molecule has 0 radical (unpaired) electrons. The van der Waals surface area contributed by atoms with Crippen LogP contribution in [-0.2, 0) is 16.1 Å². The summed E-state index contributed by atoms with van der Waals surface area (Å²) in [5, 5.41) is 5.00. The zero-order valence-corrected chi connectivity index (χ0v) is 15.8. The van der Waals surface area contributed by atoms with Gasteiger partial charge in [-0.1, -0.05) is 29.8 Å². The topological polar surface area (TPSA) is 74.9 Å². The highest BCUT2D eigenvalue weighted by Crippen LogP contribution is 2.33. The summed E-state index contributed by atoms with van der Waals surface area (Å²) >= 11 is 6.20. The van der Waals surface area contributed by atoms with Crippen molar-refractivity contribution >= 4 is 29.5 Å². The van der Waals surface area contributed by atoms with E-state index in [1.54, 1.807) is 35.2 Å². The highest BCUT2D eigenvalue weighted by Gasteiger charge is 2.26. The number of carbonyl (C=O) groups excluding carboxylic acids is 1. The van der Waals surface area contributed by atoms with Crippen LogP contribution in [0.4, 0.5) is 0 Å². The molecule has 0 amide bonds. The highest BCUT2D eigenvalue weighted by atomic mass is 35.5. The summed E-state index contributed by atoms with van der Waals surface area (Å²) in [6.07, 6.45) is 5.11. The Morgan fingerprint density at radius 3 is 2.90 bits per heavy atom. The Bertz CT molecular complexity index is 1180. The lowest BCUT2D eigenvalue weighted by atomic mass is 10.2. The maximum atomic E-state index is 12.2. The molecule has 29 heavy (non-hydrogen) atoms. The van der Waals surface area contributed by atoms with Gasteiger partial charge >= 0.3 is 5.97 Å². The van der Waals surface area contributed by atoms with Gasteiger partial charge in [-0.2, -0.15) is 5.10 Å². The molecule has 0 unspecified atom stereocenters. The first-order valence-electron chi connectivity index (χ1n) is 8.84. The molecule has 0 atom stereocenters. The molecule has 2 aliphatic rings. The van der Waals surface area contributed by atoms with Crippen molar-refractivity contribution in [3.8, 4) is 11.5 Å². The van der Waals surface area contributed by atoms with E-state index >= 15 is 0 Å². The lowest BCUT2D eigenvalue weighted by molar-refractivity contribution is -0.129. The van der Waals surface area contributed by atoms with Crippen molar-refractivity contribution < 1.29 is 19.0 Å². The Morgan fingerprint density at radius 2 is 2.00 bits per heavy atom. The summed E-state index contributed by atoms with van der Waals surface area (Å²) in [6, 6.07) is 12.8. The summed E-state index contributed by atoms with van der Waals surface area (Å²) in [5.41, 5.74) is 2.54. The van der Waals surface area contributed by atoms with E-state index in [2.05, 4.69) is 10.1 Å². The number of ether oxygens (including phenoxy) is 3. The molecule has 3 heterocycles. The van der Waals surface area contributed by atoms with Crippen LogP contribution in [0.25, 0.3) is 6.08 Å². The van der Waals surface area contributed by atoms with Crippen LogP contribution in [0.15, 0.2) is 65.5 Å². The van der Waals surface area contributed by atoms with Crippen LogP contribution >= 0.6 is 11.6 Å². The van der Waals surface area contributed by atoms with Gasteiger partial charge in [0.2, 0.25) is 12.7 Å². The van der Waals surface area contributed by atoms with Crippen molar-refractivity contribution in [2.45, 2.75) is 6.54 Å². The number of esters is 1. The molecule has 1 aromatic heterocycles. The van der Waals surface area contributed by atoms with Crippen molar-refractivity contribution in [2.24, 2.45) is 4.99 Å².